The highest BCUT2D eigenvalue weighted by Crippen LogP contribution is 2.45. The molecule has 0 amide bonds. The molecule has 0 saturated carbocycles. The van der Waals surface area contributed by atoms with E-state index in [0.717, 1.165) is 22.4 Å². The Morgan fingerprint density at radius 3 is 1.38 bits per heavy atom. The Bertz CT molecular complexity index is 2630. The van der Waals surface area contributed by atoms with Gasteiger partial charge >= 0.3 is 0 Å². The van der Waals surface area contributed by atoms with Crippen molar-refractivity contribution in [2.45, 2.75) is 19.9 Å². The van der Waals surface area contributed by atoms with Crippen LogP contribution < -0.4 is 0 Å². The molecule has 0 bridgehead atoms. The fourth-order valence-electron chi connectivity index (χ4n) is 7.64. The predicted octanol–water partition coefficient (Wildman–Crippen LogP) is 13.3. The van der Waals surface area contributed by atoms with Gasteiger partial charge in [-0.25, -0.2) is 4.98 Å². The molecule has 9 aromatic rings. The van der Waals surface area contributed by atoms with Crippen LogP contribution in [-0.4, -0.2) is 9.55 Å². The maximum absolute atomic E-state index is 5.13. The first-order valence-corrected chi connectivity index (χ1v) is 17.4. The summed E-state index contributed by atoms with van der Waals surface area (Å²) in [5.41, 5.74) is 13.1. The molecule has 0 aliphatic heterocycles. The second kappa shape index (κ2) is 12.3. The Hall–Kier alpha value is -6.25. The standard InChI is InChI=1S/C48H36N2/c1-32(2)50-45-29-27-39(31-44(45)49-48(50)37-18-10-5-11-19-37)34-24-22-33(23-25-34)38-26-28-42-43(30-38)47(36-16-8-4-9-17-36)41-21-13-12-20-40(41)46(42)35-14-6-3-7-15-35/h3-32H,1-2H3. The summed E-state index contributed by atoms with van der Waals surface area (Å²) in [4.78, 5) is 5.13. The summed E-state index contributed by atoms with van der Waals surface area (Å²) < 4.78 is 2.34. The summed E-state index contributed by atoms with van der Waals surface area (Å²) in [6.45, 7) is 4.45. The smallest absolute Gasteiger partial charge is 0.141 e. The number of imidazole rings is 1. The summed E-state index contributed by atoms with van der Waals surface area (Å²) in [7, 11) is 0. The quantitative estimate of drug-likeness (QED) is 0.165. The fourth-order valence-corrected chi connectivity index (χ4v) is 7.64. The third kappa shape index (κ3) is 5.09. The van der Waals surface area contributed by atoms with E-state index < -0.39 is 0 Å². The number of hydrogen-bond acceptors (Lipinski definition) is 1. The van der Waals surface area contributed by atoms with E-state index >= 15 is 0 Å². The van der Waals surface area contributed by atoms with Crippen LogP contribution in [0.5, 0.6) is 0 Å². The van der Waals surface area contributed by atoms with Crippen LogP contribution in [0.15, 0.2) is 176 Å². The molecule has 2 nitrogen and oxygen atoms in total. The van der Waals surface area contributed by atoms with Gasteiger partial charge in [0.2, 0.25) is 0 Å². The molecule has 0 saturated heterocycles. The number of rotatable bonds is 6. The van der Waals surface area contributed by atoms with Gasteiger partial charge in [-0.3, -0.25) is 0 Å². The summed E-state index contributed by atoms with van der Waals surface area (Å²) in [6.07, 6.45) is 0. The summed E-state index contributed by atoms with van der Waals surface area (Å²) in [6, 6.07) is 63.9. The second-order valence-electron chi connectivity index (χ2n) is 13.3. The maximum Gasteiger partial charge on any atom is 0.141 e. The molecule has 0 atom stereocenters. The molecule has 2 heteroatoms. The molecular weight excluding hydrogens is 605 g/mol. The zero-order chi connectivity index (χ0) is 33.6. The minimum atomic E-state index is 0.298. The average molecular weight is 641 g/mol. The lowest BCUT2D eigenvalue weighted by Gasteiger charge is -2.18. The average Bonchev–Trinajstić information content (AvgIpc) is 3.57. The monoisotopic (exact) mass is 640 g/mol. The van der Waals surface area contributed by atoms with Gasteiger partial charge in [0.1, 0.15) is 5.82 Å². The SMILES string of the molecule is CC(C)n1c(-c2ccccc2)nc2cc(-c3ccc(-c4ccc5c(-c6ccccc6)c6ccccc6c(-c6ccccc6)c5c4)cc3)ccc21. The molecule has 0 aliphatic carbocycles. The zero-order valence-electron chi connectivity index (χ0n) is 28.2. The van der Waals surface area contributed by atoms with Crippen molar-refractivity contribution in [3.05, 3.63) is 176 Å². The largest absolute Gasteiger partial charge is 0.321 e. The molecule has 0 spiro atoms. The third-order valence-electron chi connectivity index (χ3n) is 9.94. The van der Waals surface area contributed by atoms with E-state index in [4.69, 9.17) is 4.98 Å². The first-order valence-electron chi connectivity index (χ1n) is 17.4. The highest BCUT2D eigenvalue weighted by molar-refractivity contribution is 6.22. The molecule has 0 fully saturated rings. The van der Waals surface area contributed by atoms with Crippen molar-refractivity contribution in [3.8, 4) is 55.9 Å². The van der Waals surface area contributed by atoms with Crippen LogP contribution >= 0.6 is 0 Å². The second-order valence-corrected chi connectivity index (χ2v) is 13.3. The molecular formula is C48H36N2. The van der Waals surface area contributed by atoms with Crippen LogP contribution in [-0.2, 0) is 0 Å². The summed E-state index contributed by atoms with van der Waals surface area (Å²) >= 11 is 0. The molecule has 8 aromatic carbocycles. The van der Waals surface area contributed by atoms with E-state index in [2.05, 4.69) is 194 Å². The lowest BCUT2D eigenvalue weighted by Crippen LogP contribution is -2.02. The van der Waals surface area contributed by atoms with Gasteiger partial charge in [-0.05, 0) is 98.1 Å². The normalized spacial score (nSPS) is 11.6. The highest BCUT2D eigenvalue weighted by atomic mass is 15.1. The molecule has 0 N–H and O–H groups in total. The van der Waals surface area contributed by atoms with Gasteiger partial charge in [0, 0.05) is 11.6 Å². The molecule has 238 valence electrons. The maximum atomic E-state index is 5.13. The number of hydrogen-bond donors (Lipinski definition) is 0. The van der Waals surface area contributed by atoms with Crippen LogP contribution in [0, 0.1) is 0 Å². The van der Waals surface area contributed by atoms with Crippen molar-refractivity contribution >= 4 is 32.6 Å². The van der Waals surface area contributed by atoms with Crippen LogP contribution in [0.1, 0.15) is 19.9 Å². The van der Waals surface area contributed by atoms with Gasteiger partial charge in [-0.2, -0.15) is 0 Å². The molecule has 0 aliphatic rings. The van der Waals surface area contributed by atoms with Crippen LogP contribution in [0.4, 0.5) is 0 Å². The van der Waals surface area contributed by atoms with Crippen molar-refractivity contribution in [3.63, 3.8) is 0 Å². The number of nitrogens with zero attached hydrogens (tertiary/aromatic N) is 2. The van der Waals surface area contributed by atoms with Crippen molar-refractivity contribution < 1.29 is 0 Å². The van der Waals surface area contributed by atoms with E-state index in [-0.39, 0.29) is 0 Å². The van der Waals surface area contributed by atoms with Crippen LogP contribution in [0.3, 0.4) is 0 Å². The highest BCUT2D eigenvalue weighted by Gasteiger charge is 2.18. The molecule has 9 rings (SSSR count). The van der Waals surface area contributed by atoms with Gasteiger partial charge in [-0.15, -0.1) is 0 Å². The lowest BCUT2D eigenvalue weighted by atomic mass is 9.85. The van der Waals surface area contributed by atoms with E-state index in [9.17, 15) is 0 Å². The first kappa shape index (κ1) is 29.9. The van der Waals surface area contributed by atoms with E-state index in [1.165, 1.54) is 66.1 Å². The van der Waals surface area contributed by atoms with Crippen LogP contribution in [0.25, 0.3) is 88.5 Å². The van der Waals surface area contributed by atoms with Gasteiger partial charge in [0.05, 0.1) is 11.0 Å². The van der Waals surface area contributed by atoms with E-state index in [0.29, 0.717) is 6.04 Å². The van der Waals surface area contributed by atoms with E-state index in [1.54, 1.807) is 0 Å². The van der Waals surface area contributed by atoms with Crippen molar-refractivity contribution in [1.29, 1.82) is 0 Å². The topological polar surface area (TPSA) is 17.8 Å². The number of benzene rings is 8. The zero-order valence-corrected chi connectivity index (χ0v) is 28.2. The molecule has 1 aromatic heterocycles. The third-order valence-corrected chi connectivity index (χ3v) is 9.94. The summed E-state index contributed by atoms with van der Waals surface area (Å²) in [5, 5.41) is 5.06. The van der Waals surface area contributed by atoms with Crippen molar-refractivity contribution in [2.75, 3.05) is 0 Å². The minimum Gasteiger partial charge on any atom is -0.321 e. The van der Waals surface area contributed by atoms with Gasteiger partial charge in [0.15, 0.2) is 0 Å². The lowest BCUT2D eigenvalue weighted by molar-refractivity contribution is 0.624. The van der Waals surface area contributed by atoms with Crippen molar-refractivity contribution in [2.24, 2.45) is 0 Å². The Morgan fingerprint density at radius 2 is 0.820 bits per heavy atom. The van der Waals surface area contributed by atoms with Crippen LogP contribution in [0.2, 0.25) is 0 Å². The Morgan fingerprint density at radius 1 is 0.380 bits per heavy atom. The molecule has 0 radical (unpaired) electrons. The Balaban J connectivity index is 1.16. The molecule has 1 heterocycles. The van der Waals surface area contributed by atoms with E-state index in [1.807, 2.05) is 0 Å². The van der Waals surface area contributed by atoms with Gasteiger partial charge < -0.3 is 4.57 Å². The molecule has 0 unspecified atom stereocenters. The minimum absolute atomic E-state index is 0.298. The van der Waals surface area contributed by atoms with Gasteiger partial charge in [0.25, 0.3) is 0 Å². The van der Waals surface area contributed by atoms with Crippen molar-refractivity contribution in [1.82, 2.24) is 9.55 Å². The Kier molecular flexibility index (Phi) is 7.36. The van der Waals surface area contributed by atoms with Gasteiger partial charge in [-0.1, -0.05) is 158 Å². The molecule has 50 heavy (non-hydrogen) atoms. The number of aromatic nitrogens is 2. The summed E-state index contributed by atoms with van der Waals surface area (Å²) in [5.74, 6) is 1.01. The fraction of sp³-hybridized carbons (Fsp3) is 0.0625. The Labute approximate surface area is 292 Å². The predicted molar refractivity (Wildman–Crippen MR) is 212 cm³/mol. The number of fused-ring (bicyclic) bond motifs is 3. The first-order chi connectivity index (χ1) is 24.6.